The molecular formula is C17H29NO2S. The summed E-state index contributed by atoms with van der Waals surface area (Å²) in [6, 6.07) is 7.71. The van der Waals surface area contributed by atoms with Crippen molar-refractivity contribution in [3.63, 3.8) is 0 Å². The van der Waals surface area contributed by atoms with Gasteiger partial charge in [0.1, 0.15) is 0 Å². The van der Waals surface area contributed by atoms with Crippen LogP contribution in [-0.4, -0.2) is 26.8 Å². The van der Waals surface area contributed by atoms with Crippen molar-refractivity contribution < 1.29 is 8.42 Å². The van der Waals surface area contributed by atoms with E-state index in [1.165, 1.54) is 0 Å². The zero-order valence-electron chi connectivity index (χ0n) is 13.9. The summed E-state index contributed by atoms with van der Waals surface area (Å²) in [4.78, 5) is 0.497. The number of sulfone groups is 1. The maximum Gasteiger partial charge on any atom is 0.178 e. The van der Waals surface area contributed by atoms with Crippen molar-refractivity contribution >= 4 is 9.84 Å². The zero-order chi connectivity index (χ0) is 16.0. The normalized spacial score (nSPS) is 15.1. The van der Waals surface area contributed by atoms with E-state index < -0.39 is 9.84 Å². The number of hydrogen-bond donors (Lipinski definition) is 1. The Morgan fingerprint density at radius 2 is 1.71 bits per heavy atom. The SMILES string of the molecule is CCCNC(C)C(c1ccccc1S(=O)(=O)CC)C(C)C. The van der Waals surface area contributed by atoms with E-state index in [1.807, 2.05) is 18.2 Å². The molecule has 1 rings (SSSR count). The lowest BCUT2D eigenvalue weighted by Gasteiger charge is -2.30. The summed E-state index contributed by atoms with van der Waals surface area (Å²) in [7, 11) is -3.19. The van der Waals surface area contributed by atoms with Gasteiger partial charge in [0.2, 0.25) is 0 Å². The first-order valence-corrected chi connectivity index (χ1v) is 9.55. The quantitative estimate of drug-likeness (QED) is 0.798. The van der Waals surface area contributed by atoms with Gasteiger partial charge in [-0.05, 0) is 37.4 Å². The van der Waals surface area contributed by atoms with Crippen molar-refractivity contribution in [2.24, 2.45) is 5.92 Å². The first kappa shape index (κ1) is 18.2. The van der Waals surface area contributed by atoms with Crippen LogP contribution in [0.15, 0.2) is 29.2 Å². The van der Waals surface area contributed by atoms with Crippen molar-refractivity contribution in [1.29, 1.82) is 0 Å². The Bertz CT molecular complexity index is 537. The summed E-state index contributed by atoms with van der Waals surface area (Å²) in [6.07, 6.45) is 1.07. The van der Waals surface area contributed by atoms with Gasteiger partial charge in [-0.25, -0.2) is 8.42 Å². The minimum absolute atomic E-state index is 0.144. The second kappa shape index (κ2) is 7.95. The molecule has 2 unspecified atom stereocenters. The molecule has 1 N–H and O–H groups in total. The zero-order valence-corrected chi connectivity index (χ0v) is 14.7. The van der Waals surface area contributed by atoms with Gasteiger partial charge in [-0.3, -0.25) is 0 Å². The van der Waals surface area contributed by atoms with Gasteiger partial charge in [0.25, 0.3) is 0 Å². The standard InChI is InChI=1S/C17H29NO2S/c1-6-12-18-14(5)17(13(3)4)15-10-8-9-11-16(15)21(19,20)7-2/h8-11,13-14,17-18H,6-7,12H2,1-5H3. The molecule has 0 amide bonds. The highest BCUT2D eigenvalue weighted by Crippen LogP contribution is 2.33. The Labute approximate surface area is 130 Å². The first-order chi connectivity index (χ1) is 9.85. The fourth-order valence-corrected chi connectivity index (χ4v) is 4.06. The molecule has 0 aromatic heterocycles. The average Bonchev–Trinajstić information content (AvgIpc) is 2.45. The second-order valence-corrected chi connectivity index (χ2v) is 8.20. The van der Waals surface area contributed by atoms with Crippen LogP contribution in [0.2, 0.25) is 0 Å². The van der Waals surface area contributed by atoms with E-state index in [2.05, 4.69) is 33.0 Å². The molecule has 0 aliphatic heterocycles. The van der Waals surface area contributed by atoms with Crippen molar-refractivity contribution in [2.45, 2.75) is 57.9 Å². The average molecular weight is 311 g/mol. The van der Waals surface area contributed by atoms with E-state index in [4.69, 9.17) is 0 Å². The van der Waals surface area contributed by atoms with Crippen LogP contribution in [-0.2, 0) is 9.84 Å². The molecule has 0 heterocycles. The predicted octanol–water partition coefficient (Wildman–Crippen LogP) is 3.61. The lowest BCUT2D eigenvalue weighted by molar-refractivity contribution is 0.373. The summed E-state index contributed by atoms with van der Waals surface area (Å²) < 4.78 is 24.7. The second-order valence-electron chi connectivity index (χ2n) is 5.95. The molecule has 120 valence electrons. The molecule has 1 aromatic rings. The fourth-order valence-electron chi connectivity index (χ4n) is 2.90. The molecule has 4 heteroatoms. The molecular weight excluding hydrogens is 282 g/mol. The lowest BCUT2D eigenvalue weighted by atomic mass is 9.83. The van der Waals surface area contributed by atoms with Crippen LogP contribution in [0.3, 0.4) is 0 Å². The monoisotopic (exact) mass is 311 g/mol. The predicted molar refractivity (Wildman–Crippen MR) is 89.5 cm³/mol. The van der Waals surface area contributed by atoms with E-state index in [0.29, 0.717) is 10.8 Å². The Balaban J connectivity index is 3.27. The third-order valence-corrected chi connectivity index (χ3v) is 5.77. The first-order valence-electron chi connectivity index (χ1n) is 7.90. The van der Waals surface area contributed by atoms with Crippen LogP contribution in [0.1, 0.15) is 52.5 Å². The van der Waals surface area contributed by atoms with E-state index in [-0.39, 0.29) is 17.7 Å². The summed E-state index contributed by atoms with van der Waals surface area (Å²) >= 11 is 0. The van der Waals surface area contributed by atoms with Gasteiger partial charge in [-0.15, -0.1) is 0 Å². The van der Waals surface area contributed by atoms with Crippen LogP contribution in [0.25, 0.3) is 0 Å². The van der Waals surface area contributed by atoms with Gasteiger partial charge in [0.05, 0.1) is 10.6 Å². The van der Waals surface area contributed by atoms with Crippen LogP contribution >= 0.6 is 0 Å². The molecule has 2 atom stereocenters. The van der Waals surface area contributed by atoms with E-state index in [1.54, 1.807) is 13.0 Å². The van der Waals surface area contributed by atoms with Gasteiger partial charge in [-0.1, -0.05) is 45.9 Å². The fraction of sp³-hybridized carbons (Fsp3) is 0.647. The van der Waals surface area contributed by atoms with E-state index >= 15 is 0 Å². The van der Waals surface area contributed by atoms with E-state index in [9.17, 15) is 8.42 Å². The molecule has 0 radical (unpaired) electrons. The number of benzene rings is 1. The van der Waals surface area contributed by atoms with Gasteiger partial charge >= 0.3 is 0 Å². The van der Waals surface area contributed by atoms with Crippen molar-refractivity contribution in [3.8, 4) is 0 Å². The molecule has 21 heavy (non-hydrogen) atoms. The van der Waals surface area contributed by atoms with Gasteiger partial charge in [0, 0.05) is 12.0 Å². The molecule has 0 aliphatic rings. The van der Waals surface area contributed by atoms with Crippen LogP contribution in [0.4, 0.5) is 0 Å². The molecule has 0 spiro atoms. The lowest BCUT2D eigenvalue weighted by Crippen LogP contribution is -2.35. The van der Waals surface area contributed by atoms with Crippen molar-refractivity contribution in [1.82, 2.24) is 5.32 Å². The molecule has 0 bridgehead atoms. The molecule has 1 aromatic carbocycles. The van der Waals surface area contributed by atoms with Gasteiger partial charge in [-0.2, -0.15) is 0 Å². The highest BCUT2D eigenvalue weighted by atomic mass is 32.2. The Morgan fingerprint density at radius 3 is 2.24 bits per heavy atom. The van der Waals surface area contributed by atoms with Crippen LogP contribution < -0.4 is 5.32 Å². The molecule has 0 aliphatic carbocycles. The number of hydrogen-bond acceptors (Lipinski definition) is 3. The maximum atomic E-state index is 12.4. The van der Waals surface area contributed by atoms with Crippen molar-refractivity contribution in [2.75, 3.05) is 12.3 Å². The summed E-state index contributed by atoms with van der Waals surface area (Å²) in [5, 5.41) is 3.51. The highest BCUT2D eigenvalue weighted by molar-refractivity contribution is 7.91. The molecule has 0 saturated carbocycles. The summed E-state index contributed by atoms with van der Waals surface area (Å²) in [5.41, 5.74) is 0.949. The smallest absolute Gasteiger partial charge is 0.178 e. The topological polar surface area (TPSA) is 46.2 Å². The Hall–Kier alpha value is -0.870. The molecule has 3 nitrogen and oxygen atoms in total. The minimum atomic E-state index is -3.19. The third-order valence-electron chi connectivity index (χ3n) is 3.97. The van der Waals surface area contributed by atoms with E-state index in [0.717, 1.165) is 18.5 Å². The third kappa shape index (κ3) is 4.55. The Kier molecular flexibility index (Phi) is 6.88. The highest BCUT2D eigenvalue weighted by Gasteiger charge is 2.28. The molecule has 0 fully saturated rings. The van der Waals surface area contributed by atoms with Crippen LogP contribution in [0, 0.1) is 5.92 Å². The Morgan fingerprint density at radius 1 is 1.10 bits per heavy atom. The molecule has 0 saturated heterocycles. The van der Waals surface area contributed by atoms with Crippen molar-refractivity contribution in [3.05, 3.63) is 29.8 Å². The summed E-state index contributed by atoms with van der Waals surface area (Å²) in [5.74, 6) is 0.706. The van der Waals surface area contributed by atoms with Gasteiger partial charge in [0.15, 0.2) is 9.84 Å². The number of rotatable bonds is 8. The summed E-state index contributed by atoms with van der Waals surface area (Å²) in [6.45, 7) is 11.3. The van der Waals surface area contributed by atoms with Crippen LogP contribution in [0.5, 0.6) is 0 Å². The minimum Gasteiger partial charge on any atom is -0.314 e. The maximum absolute atomic E-state index is 12.4. The largest absolute Gasteiger partial charge is 0.314 e. The van der Waals surface area contributed by atoms with Gasteiger partial charge < -0.3 is 5.32 Å². The number of nitrogens with one attached hydrogen (secondary N) is 1.